The average Bonchev–Trinajstić information content (AvgIpc) is 3.57. The van der Waals surface area contributed by atoms with Gasteiger partial charge in [0.05, 0.1) is 23.0 Å². The summed E-state index contributed by atoms with van der Waals surface area (Å²) in [6.07, 6.45) is 7.18. The number of anilines is 1. The Hall–Kier alpha value is -3.97. The maximum atomic E-state index is 13.7. The van der Waals surface area contributed by atoms with Gasteiger partial charge in [-0.25, -0.2) is 4.68 Å². The lowest BCUT2D eigenvalue weighted by molar-refractivity contribution is 0.0427. The molecule has 1 fully saturated rings. The Bertz CT molecular complexity index is 1300. The van der Waals surface area contributed by atoms with Crippen LogP contribution < -0.4 is 5.32 Å². The predicted molar refractivity (Wildman–Crippen MR) is 130 cm³/mol. The molecule has 2 atom stereocenters. The molecule has 7 heteroatoms. The first-order chi connectivity index (χ1) is 16.8. The molecule has 7 nitrogen and oxygen atoms in total. The lowest BCUT2D eigenvalue weighted by Crippen LogP contribution is -2.46. The summed E-state index contributed by atoms with van der Waals surface area (Å²) in [6.45, 7) is 1.27. The molecule has 0 aliphatic carbocycles. The molecule has 4 heterocycles. The molecule has 0 spiro atoms. The zero-order valence-corrected chi connectivity index (χ0v) is 18.7. The van der Waals surface area contributed by atoms with E-state index in [0.717, 1.165) is 47.6 Å². The van der Waals surface area contributed by atoms with E-state index in [2.05, 4.69) is 10.3 Å². The zero-order valence-electron chi connectivity index (χ0n) is 18.7. The molecule has 1 N–H and O–H groups in total. The van der Waals surface area contributed by atoms with Gasteiger partial charge in [0.2, 0.25) is 0 Å². The highest BCUT2D eigenvalue weighted by molar-refractivity contribution is 6.02. The van der Waals surface area contributed by atoms with E-state index in [0.29, 0.717) is 12.1 Å². The van der Waals surface area contributed by atoms with Crippen LogP contribution in [0.15, 0.2) is 85.3 Å². The van der Waals surface area contributed by atoms with Crippen LogP contribution in [0.4, 0.5) is 5.69 Å². The quantitative estimate of drug-likeness (QED) is 0.477. The fraction of sp³-hybridized carbons (Fsp3) is 0.222. The van der Waals surface area contributed by atoms with Gasteiger partial charge in [0, 0.05) is 48.6 Å². The monoisotopic (exact) mass is 451 g/mol. The number of nitrogens with zero attached hydrogens (tertiary/aromatic N) is 4. The van der Waals surface area contributed by atoms with Crippen LogP contribution in [0, 0.1) is 0 Å². The fourth-order valence-corrected chi connectivity index (χ4v) is 4.77. The Labute approximate surface area is 198 Å². The standard InChI is InChI=1S/C27H25N5O2/c33-27-22-10-4-5-11-24(22)29-26(31(27)17-21-9-6-16-34-21)23-18-32(20-7-2-1-3-8-20)30-25(23)19-12-14-28-15-13-19/h1-5,7-8,10-15,18,21,26,29H,6,9,16-17H2/t21-,26-/m0/s1. The van der Waals surface area contributed by atoms with Crippen LogP contribution in [0.3, 0.4) is 0 Å². The number of ether oxygens (including phenoxy) is 1. The van der Waals surface area contributed by atoms with Gasteiger partial charge in [-0.05, 0) is 49.2 Å². The first-order valence-electron chi connectivity index (χ1n) is 11.6. The Morgan fingerprint density at radius 1 is 1.00 bits per heavy atom. The first-order valence-corrected chi connectivity index (χ1v) is 11.6. The smallest absolute Gasteiger partial charge is 0.257 e. The van der Waals surface area contributed by atoms with Gasteiger partial charge in [-0.1, -0.05) is 30.3 Å². The van der Waals surface area contributed by atoms with Crippen molar-refractivity contribution in [2.75, 3.05) is 18.5 Å². The van der Waals surface area contributed by atoms with Crippen LogP contribution in [0.2, 0.25) is 0 Å². The molecule has 0 bridgehead atoms. The number of fused-ring (bicyclic) bond motifs is 1. The SMILES string of the molecule is O=C1c2ccccc2N[C@H](c2cn(-c3ccccc3)nc2-c2ccncc2)N1C[C@@H]1CCCO1. The van der Waals surface area contributed by atoms with Crippen molar-refractivity contribution in [3.63, 3.8) is 0 Å². The molecule has 0 unspecified atom stereocenters. The van der Waals surface area contributed by atoms with Crippen LogP contribution >= 0.6 is 0 Å². The molecule has 170 valence electrons. The third kappa shape index (κ3) is 3.74. The van der Waals surface area contributed by atoms with Crippen molar-refractivity contribution in [2.45, 2.75) is 25.1 Å². The molecule has 6 rings (SSSR count). The molecule has 2 aromatic carbocycles. The maximum absolute atomic E-state index is 13.7. The molecule has 4 aromatic rings. The number of carbonyl (C=O) groups is 1. The highest BCUT2D eigenvalue weighted by Crippen LogP contribution is 2.38. The van der Waals surface area contributed by atoms with Crippen LogP contribution in [-0.2, 0) is 4.74 Å². The fourth-order valence-electron chi connectivity index (χ4n) is 4.77. The van der Waals surface area contributed by atoms with E-state index in [-0.39, 0.29) is 18.2 Å². The number of rotatable bonds is 5. The largest absolute Gasteiger partial charge is 0.376 e. The lowest BCUT2D eigenvalue weighted by Gasteiger charge is -2.39. The van der Waals surface area contributed by atoms with E-state index < -0.39 is 0 Å². The molecule has 0 saturated carbocycles. The number of carbonyl (C=O) groups excluding carboxylic acids is 1. The maximum Gasteiger partial charge on any atom is 0.257 e. The van der Waals surface area contributed by atoms with Crippen molar-refractivity contribution in [1.29, 1.82) is 0 Å². The van der Waals surface area contributed by atoms with Gasteiger partial charge in [0.25, 0.3) is 5.91 Å². The van der Waals surface area contributed by atoms with Crippen molar-refractivity contribution in [2.24, 2.45) is 0 Å². The summed E-state index contributed by atoms with van der Waals surface area (Å²) < 4.78 is 7.79. The predicted octanol–water partition coefficient (Wildman–Crippen LogP) is 4.68. The van der Waals surface area contributed by atoms with E-state index in [9.17, 15) is 4.79 Å². The summed E-state index contributed by atoms with van der Waals surface area (Å²) in [5.41, 5.74) is 5.15. The number of amides is 1. The van der Waals surface area contributed by atoms with Gasteiger partial charge < -0.3 is 15.0 Å². The van der Waals surface area contributed by atoms with E-state index in [1.165, 1.54) is 0 Å². The molecular weight excluding hydrogens is 426 g/mol. The highest BCUT2D eigenvalue weighted by Gasteiger charge is 2.37. The molecular formula is C27H25N5O2. The van der Waals surface area contributed by atoms with Crippen LogP contribution in [0.1, 0.15) is 34.9 Å². The molecule has 0 radical (unpaired) electrons. The summed E-state index contributed by atoms with van der Waals surface area (Å²) in [4.78, 5) is 19.8. The number of hydrogen-bond acceptors (Lipinski definition) is 5. The number of hydrogen-bond donors (Lipinski definition) is 1. The molecule has 1 amide bonds. The van der Waals surface area contributed by atoms with Gasteiger partial charge in [-0.3, -0.25) is 9.78 Å². The summed E-state index contributed by atoms with van der Waals surface area (Å²) in [6, 6.07) is 21.6. The normalized spacial score (nSPS) is 19.6. The van der Waals surface area contributed by atoms with Gasteiger partial charge >= 0.3 is 0 Å². The van der Waals surface area contributed by atoms with E-state index in [4.69, 9.17) is 9.84 Å². The van der Waals surface area contributed by atoms with Gasteiger partial charge in [0.15, 0.2) is 0 Å². The second-order valence-electron chi connectivity index (χ2n) is 8.63. The third-order valence-corrected chi connectivity index (χ3v) is 6.46. The molecule has 1 saturated heterocycles. The van der Waals surface area contributed by atoms with Crippen molar-refractivity contribution in [3.05, 3.63) is 96.4 Å². The number of benzene rings is 2. The van der Waals surface area contributed by atoms with Crippen LogP contribution in [0.5, 0.6) is 0 Å². The number of nitrogens with one attached hydrogen (secondary N) is 1. The van der Waals surface area contributed by atoms with Crippen molar-refractivity contribution in [3.8, 4) is 16.9 Å². The van der Waals surface area contributed by atoms with Crippen LogP contribution in [-0.4, -0.2) is 44.8 Å². The molecule has 2 aromatic heterocycles. The second-order valence-corrected chi connectivity index (χ2v) is 8.63. The number of aromatic nitrogens is 3. The molecule has 2 aliphatic rings. The topological polar surface area (TPSA) is 72.3 Å². The van der Waals surface area contributed by atoms with E-state index in [1.54, 1.807) is 12.4 Å². The Morgan fingerprint density at radius 2 is 1.79 bits per heavy atom. The van der Waals surface area contributed by atoms with Gasteiger partial charge in [-0.2, -0.15) is 5.10 Å². The minimum atomic E-state index is -0.382. The summed E-state index contributed by atoms with van der Waals surface area (Å²) in [7, 11) is 0. The van der Waals surface area contributed by atoms with Gasteiger partial charge in [0.1, 0.15) is 6.17 Å². The number of pyridine rings is 1. The third-order valence-electron chi connectivity index (χ3n) is 6.46. The Morgan fingerprint density at radius 3 is 2.59 bits per heavy atom. The average molecular weight is 452 g/mol. The van der Waals surface area contributed by atoms with Crippen molar-refractivity contribution < 1.29 is 9.53 Å². The second kappa shape index (κ2) is 8.76. The minimum absolute atomic E-state index is 0.00277. The van der Waals surface area contributed by atoms with Crippen molar-refractivity contribution >= 4 is 11.6 Å². The minimum Gasteiger partial charge on any atom is -0.376 e. The molecule has 2 aliphatic heterocycles. The number of para-hydroxylation sites is 2. The van der Waals surface area contributed by atoms with E-state index in [1.807, 2.05) is 82.5 Å². The summed E-state index contributed by atoms with van der Waals surface area (Å²) >= 11 is 0. The lowest BCUT2D eigenvalue weighted by atomic mass is 10.0. The Balaban J connectivity index is 1.49. The van der Waals surface area contributed by atoms with Crippen molar-refractivity contribution in [1.82, 2.24) is 19.7 Å². The first kappa shape index (κ1) is 20.6. The van der Waals surface area contributed by atoms with Gasteiger partial charge in [-0.15, -0.1) is 0 Å². The summed E-state index contributed by atoms with van der Waals surface area (Å²) in [5, 5.41) is 8.58. The highest BCUT2D eigenvalue weighted by atomic mass is 16.5. The zero-order chi connectivity index (χ0) is 22.9. The van der Waals surface area contributed by atoms with Crippen LogP contribution in [0.25, 0.3) is 16.9 Å². The Kier molecular flexibility index (Phi) is 5.31. The van der Waals surface area contributed by atoms with E-state index >= 15 is 0 Å². The molecule has 34 heavy (non-hydrogen) atoms. The summed E-state index contributed by atoms with van der Waals surface area (Å²) in [5.74, 6) is 0.00277.